The monoisotopic (exact) mass is 236 g/mol. The third-order valence-corrected chi connectivity index (χ3v) is 0. The van der Waals surface area contributed by atoms with Crippen LogP contribution in [0.5, 0.6) is 0 Å². The molecule has 0 aliphatic carbocycles. The maximum atomic E-state index is 10.9. The van der Waals surface area contributed by atoms with E-state index in [1.54, 1.807) is 22.4 Å². The number of rotatable bonds is 0. The van der Waals surface area contributed by atoms with E-state index in [0.717, 1.165) is 0 Å². The summed E-state index contributed by atoms with van der Waals surface area (Å²) in [6.45, 7) is 0. The summed E-state index contributed by atoms with van der Waals surface area (Å²) in [5.41, 5.74) is 0. The summed E-state index contributed by atoms with van der Waals surface area (Å²) in [4.78, 5) is 0. The topological polar surface area (TPSA) is 0 Å². The molecule has 0 unspecified atom stereocenters. The van der Waals surface area contributed by atoms with Crippen LogP contribution >= 0.6 is 38.1 Å². The van der Waals surface area contributed by atoms with Gasteiger partial charge in [0.15, 0.2) is 0 Å². The minimum absolute atomic E-state index is 0.884. The molecule has 0 saturated heterocycles. The minimum atomic E-state index is -0.884. The Labute approximate surface area is 46.1 Å². The fraction of sp³-hybridized carbons (Fsp3) is 0. The molecule has 0 atom stereocenters. The van der Waals surface area contributed by atoms with Crippen molar-refractivity contribution in [2.45, 2.75) is 0 Å². The highest BCUT2D eigenvalue weighted by Crippen LogP contribution is 2.01. The van der Waals surface area contributed by atoms with Crippen molar-refractivity contribution in [3.05, 3.63) is 0 Å². The van der Waals surface area contributed by atoms with Gasteiger partial charge in [0.05, 0.1) is 0 Å². The number of halogens is 3. The Morgan fingerprint density at radius 3 is 2.00 bits per heavy atom. The quantitative estimate of drug-likeness (QED) is 0.444. The average Bonchev–Trinajstić information content (AvgIpc) is 0.811. The van der Waals surface area contributed by atoms with Gasteiger partial charge >= 0.3 is 3.67 Å². The lowest BCUT2D eigenvalue weighted by molar-refractivity contribution is 0.893. The maximum Gasteiger partial charge on any atom is 0.488 e. The fourth-order valence-corrected chi connectivity index (χ4v) is 0. The van der Waals surface area contributed by atoms with Crippen LogP contribution in [-0.4, -0.2) is 3.67 Å². The molecule has 0 spiro atoms. The molecule has 0 aromatic carbocycles. The molecule has 0 fully saturated rings. The summed E-state index contributed by atoms with van der Waals surface area (Å²) in [6.07, 6.45) is 0. The lowest BCUT2D eigenvalue weighted by atomic mass is 10.7. The zero-order valence-electron chi connectivity index (χ0n) is 1.71. The molecule has 0 amide bonds. The first-order valence-corrected chi connectivity index (χ1v) is 2.82. The third kappa shape index (κ3) is 10.7. The SMILES string of the molecule is FB(Br)I. The number of hydrogen-bond donors (Lipinski definition) is 0. The largest absolute Gasteiger partial charge is 0.488 e. The van der Waals surface area contributed by atoms with E-state index in [-0.39, 0.29) is 0 Å². The summed E-state index contributed by atoms with van der Waals surface area (Å²) >= 11 is 4.18. The van der Waals surface area contributed by atoms with E-state index in [9.17, 15) is 4.32 Å². The van der Waals surface area contributed by atoms with Crippen LogP contribution in [0.3, 0.4) is 0 Å². The average molecular weight is 237 g/mol. The van der Waals surface area contributed by atoms with E-state index in [0.29, 0.717) is 0 Å². The van der Waals surface area contributed by atoms with Gasteiger partial charge in [0.2, 0.25) is 0 Å². The highest BCUT2D eigenvalue weighted by molar-refractivity contribution is 14.1. The van der Waals surface area contributed by atoms with E-state index in [4.69, 9.17) is 0 Å². The zero-order valence-corrected chi connectivity index (χ0v) is 5.45. The Kier molecular flexibility index (Phi) is 3.18. The molecule has 0 bridgehead atoms. The van der Waals surface area contributed by atoms with Gasteiger partial charge in [0.1, 0.15) is 0 Å². The van der Waals surface area contributed by atoms with Gasteiger partial charge < -0.3 is 4.32 Å². The standard InChI is InChI=1S/BBrFI/c2-1(3)4. The van der Waals surface area contributed by atoms with Crippen LogP contribution < -0.4 is 0 Å². The van der Waals surface area contributed by atoms with E-state index in [1.165, 1.54) is 0 Å². The second kappa shape index (κ2) is 2.44. The van der Waals surface area contributed by atoms with Gasteiger partial charge in [-0.3, -0.25) is 0 Å². The normalized spacial score (nSPS) is 6.75. The van der Waals surface area contributed by atoms with Crippen molar-refractivity contribution in [2.75, 3.05) is 0 Å². The summed E-state index contributed by atoms with van der Waals surface area (Å²) in [7, 11) is 0. The highest BCUT2D eigenvalue weighted by atomic mass is 127. The molecule has 0 N–H and O–H groups in total. The van der Waals surface area contributed by atoms with Gasteiger partial charge in [-0.2, -0.15) is 0 Å². The predicted octanol–water partition coefficient (Wildman–Crippen LogP) is 1.77. The van der Waals surface area contributed by atoms with Gasteiger partial charge in [-0.05, 0) is 0 Å². The fourth-order valence-electron chi connectivity index (χ4n) is 0. The molecule has 0 saturated carbocycles. The summed E-state index contributed by atoms with van der Waals surface area (Å²) in [5, 5.41) is 0. The van der Waals surface area contributed by atoms with Gasteiger partial charge in [-0.25, -0.2) is 0 Å². The van der Waals surface area contributed by atoms with Crippen molar-refractivity contribution in [3.8, 4) is 0 Å². The summed E-state index contributed by atoms with van der Waals surface area (Å²) < 4.78 is 10.0. The van der Waals surface area contributed by atoms with Gasteiger partial charge in [-0.1, -0.05) is 38.1 Å². The molecule has 4 heavy (non-hydrogen) atoms. The van der Waals surface area contributed by atoms with Crippen LogP contribution in [0.2, 0.25) is 0 Å². The van der Waals surface area contributed by atoms with Crippen molar-refractivity contribution >= 4 is 41.8 Å². The molecule has 0 radical (unpaired) electrons. The smallest absolute Gasteiger partial charge is 0.303 e. The Hall–Kier alpha value is 1.20. The van der Waals surface area contributed by atoms with Crippen molar-refractivity contribution in [2.24, 2.45) is 0 Å². The molecular weight excluding hydrogens is 237 g/mol. The van der Waals surface area contributed by atoms with Gasteiger partial charge in [-0.15, -0.1) is 0 Å². The summed E-state index contributed by atoms with van der Waals surface area (Å²) in [5.74, 6) is 0. The van der Waals surface area contributed by atoms with Gasteiger partial charge in [0, 0.05) is 0 Å². The van der Waals surface area contributed by atoms with E-state index in [2.05, 4.69) is 15.8 Å². The minimum Gasteiger partial charge on any atom is -0.303 e. The lowest BCUT2D eigenvalue weighted by Gasteiger charge is -1.60. The molecule has 0 heterocycles. The van der Waals surface area contributed by atoms with Crippen molar-refractivity contribution in [3.63, 3.8) is 0 Å². The van der Waals surface area contributed by atoms with Crippen LogP contribution in [0.25, 0.3) is 0 Å². The van der Waals surface area contributed by atoms with Gasteiger partial charge in [0.25, 0.3) is 0 Å². The Bertz CT molecular complexity index is 12.8. The highest BCUT2D eigenvalue weighted by Gasteiger charge is 1.93. The molecule has 4 heteroatoms. The van der Waals surface area contributed by atoms with Crippen LogP contribution in [0, 0.1) is 0 Å². The predicted molar refractivity (Wildman–Crippen MR) is 29.8 cm³/mol. The molecule has 0 aromatic heterocycles. The molecule has 0 nitrogen and oxygen atoms in total. The number of hydrogen-bond acceptors (Lipinski definition) is 0. The van der Waals surface area contributed by atoms with E-state index < -0.39 is 3.67 Å². The van der Waals surface area contributed by atoms with Crippen LogP contribution in [0.15, 0.2) is 0 Å². The summed E-state index contributed by atoms with van der Waals surface area (Å²) in [6, 6.07) is 0. The van der Waals surface area contributed by atoms with E-state index >= 15 is 0 Å². The molecule has 0 rings (SSSR count). The van der Waals surface area contributed by atoms with Crippen molar-refractivity contribution in [1.82, 2.24) is 0 Å². The molecule has 0 aromatic rings. The Morgan fingerprint density at radius 1 is 2.00 bits per heavy atom. The molecular formula is BBrFI. The first-order chi connectivity index (χ1) is 1.73. The van der Waals surface area contributed by atoms with Crippen LogP contribution in [-0.2, 0) is 0 Å². The Morgan fingerprint density at radius 2 is 2.00 bits per heavy atom. The first kappa shape index (κ1) is 5.20. The van der Waals surface area contributed by atoms with Crippen molar-refractivity contribution in [1.29, 1.82) is 0 Å². The van der Waals surface area contributed by atoms with E-state index in [1.807, 2.05) is 0 Å². The molecule has 0 aliphatic rings. The first-order valence-electron chi connectivity index (χ1n) is 0.655. The van der Waals surface area contributed by atoms with Crippen LogP contribution in [0.4, 0.5) is 4.32 Å². The van der Waals surface area contributed by atoms with Crippen molar-refractivity contribution < 1.29 is 4.32 Å². The molecule has 0 aliphatic heterocycles. The zero-order chi connectivity index (χ0) is 3.58. The Balaban J connectivity index is 2.32. The lowest BCUT2D eigenvalue weighted by Crippen LogP contribution is -1.66. The third-order valence-electron chi connectivity index (χ3n) is 0. The van der Waals surface area contributed by atoms with Crippen LogP contribution in [0.1, 0.15) is 0 Å². The maximum absolute atomic E-state index is 10.9. The second-order valence-corrected chi connectivity index (χ2v) is 3.86. The molecule has 24 valence electrons. The second-order valence-electron chi connectivity index (χ2n) is 0.247.